The van der Waals surface area contributed by atoms with Gasteiger partial charge in [-0.15, -0.1) is 0 Å². The van der Waals surface area contributed by atoms with Gasteiger partial charge in [-0.25, -0.2) is 5.48 Å². The first kappa shape index (κ1) is 76.3. The van der Waals surface area contributed by atoms with Crippen molar-refractivity contribution in [3.8, 4) is 0 Å². The molecule has 6 heterocycles. The summed E-state index contributed by atoms with van der Waals surface area (Å²) in [6.45, 7) is 24.1. The third-order valence-corrected chi connectivity index (χ3v) is 9.41. The number of nitrogens with two attached hydrogens (primary N) is 1. The summed E-state index contributed by atoms with van der Waals surface area (Å²) < 4.78 is 25.3. The van der Waals surface area contributed by atoms with Gasteiger partial charge in [-0.05, 0) is 68.8 Å². The Morgan fingerprint density at radius 3 is 1.38 bits per heavy atom. The van der Waals surface area contributed by atoms with Crippen molar-refractivity contribution < 1.29 is 131 Å². The number of hydrogen-bond acceptors (Lipinski definition) is 13. The second-order valence-electron chi connectivity index (χ2n) is 13.2. The molecule has 6 bridgehead atoms. The van der Waals surface area contributed by atoms with Gasteiger partial charge in [0.05, 0.1) is 12.2 Å². The smallest absolute Gasteiger partial charge is 0.112 e. The maximum absolute atomic E-state index is 5.86. The monoisotopic (exact) mass is 1020 g/mol. The molecule has 56 heavy (non-hydrogen) atoms. The molecule has 0 saturated carbocycles. The van der Waals surface area contributed by atoms with Gasteiger partial charge in [-0.2, -0.15) is 5.06 Å². The van der Waals surface area contributed by atoms with Gasteiger partial charge in [0.15, 0.2) is 0 Å². The third-order valence-electron chi connectivity index (χ3n) is 9.41. The zero-order valence-corrected chi connectivity index (χ0v) is 46.8. The Labute approximate surface area is 426 Å². The summed E-state index contributed by atoms with van der Waals surface area (Å²) in [6, 6.07) is -0.409. The summed E-state index contributed by atoms with van der Waals surface area (Å²) in [5, 5.41) is 4.71. The van der Waals surface area contributed by atoms with Gasteiger partial charge in [-0.1, -0.05) is 47.0 Å². The number of rotatable bonds is 4. The maximum Gasteiger partial charge on any atom is 0.112 e. The van der Waals surface area contributed by atoms with E-state index in [2.05, 4.69) is 86.4 Å². The number of methoxy groups -OCH3 is 2. The molecule has 0 aliphatic carbocycles. The van der Waals surface area contributed by atoms with E-state index in [1.807, 2.05) is 14.1 Å². The van der Waals surface area contributed by atoms with Crippen LogP contribution < -0.4 is 22.7 Å². The number of ether oxygens (including phenoxy) is 5. The van der Waals surface area contributed by atoms with Crippen molar-refractivity contribution >= 4 is 23.5 Å². The number of fused-ring (bicyclic) bond motifs is 6. The van der Waals surface area contributed by atoms with Crippen LogP contribution in [0.1, 0.15) is 47.0 Å². The minimum absolute atomic E-state index is 0. The van der Waals surface area contributed by atoms with E-state index < -0.39 is 0 Å². The van der Waals surface area contributed by atoms with E-state index in [-0.39, 0.29) is 174 Å². The Morgan fingerprint density at radius 2 is 1.07 bits per heavy atom. The summed E-state index contributed by atoms with van der Waals surface area (Å²) in [5.74, 6) is 1.14. The summed E-state index contributed by atoms with van der Waals surface area (Å²) in [6.07, 6.45) is 3.02. The molecule has 12 atom stereocenters. The predicted octanol–water partition coefficient (Wildman–Crippen LogP) is 2.63. The van der Waals surface area contributed by atoms with E-state index >= 15 is 0 Å². The fourth-order valence-electron chi connectivity index (χ4n) is 7.43. The van der Waals surface area contributed by atoms with Crippen LogP contribution in [-0.2, 0) is 131 Å². The van der Waals surface area contributed by atoms with E-state index in [9.17, 15) is 0 Å². The van der Waals surface area contributed by atoms with Crippen LogP contribution in [0.5, 0.6) is 0 Å². The average Bonchev–Trinajstić information content (AvgIpc) is 3.56. The minimum Gasteiger partial charge on any atom is -0.410 e. The summed E-state index contributed by atoms with van der Waals surface area (Å²) in [5.41, 5.74) is 6.34. The largest absolute Gasteiger partial charge is 0.410 e. The average molecular weight is 1020 g/mol. The van der Waals surface area contributed by atoms with E-state index in [4.69, 9.17) is 47.4 Å². The third kappa shape index (κ3) is 21.1. The normalized spacial score (nSPS) is 35.9. The molecule has 13 nitrogen and oxygen atoms in total. The molecule has 0 aromatic heterocycles. The molecule has 6 saturated heterocycles. The Bertz CT molecular complexity index is 873. The van der Waals surface area contributed by atoms with Crippen LogP contribution >= 0.6 is 0 Å². The first-order valence-electron chi connectivity index (χ1n) is 17.4. The Morgan fingerprint density at radius 1 is 0.714 bits per heavy atom. The number of nitrogens with one attached hydrogen (secondary N) is 2. The molecule has 19 heteroatoms. The molecule has 6 rings (SSSR count). The van der Waals surface area contributed by atoms with E-state index in [0.717, 1.165) is 32.4 Å². The molecule has 0 aromatic carbocycles. The Hall–Kier alpha value is 2.99. The van der Waals surface area contributed by atoms with Crippen molar-refractivity contribution in [1.29, 1.82) is 0 Å². The number of likely N-dealkylation sites (N-methyl/N-ethyl adjacent to an activating group) is 2. The second-order valence-corrected chi connectivity index (χ2v) is 13.2. The van der Waals surface area contributed by atoms with E-state index in [1.54, 1.807) is 33.5 Å². The molecule has 0 spiro atoms. The van der Waals surface area contributed by atoms with Crippen molar-refractivity contribution in [3.05, 3.63) is 43.1 Å². The second kappa shape index (κ2) is 38.4. The molecule has 9 radical (unpaired) electrons. The van der Waals surface area contributed by atoms with Gasteiger partial charge < -0.3 is 88.8 Å². The van der Waals surface area contributed by atoms with Gasteiger partial charge in [0.25, 0.3) is 0 Å². The topological polar surface area (TPSA) is 156 Å². The Kier molecular flexibility index (Phi) is 52.4. The minimum atomic E-state index is -0.378. The zero-order chi connectivity index (χ0) is 38.2. The number of hydroxylamine groups is 3. The molecular formula is C37H81B3N6O7Y3-6. The molecular weight excluding hydrogens is 940 g/mol. The fourth-order valence-corrected chi connectivity index (χ4v) is 7.43. The SMILES string of the molecule is CCNC.CN.COC.COC.N.[B][C@@H]1O[C@@]2([CH2-])CN(C)O[C@H]1[C@H]2CC.[B][C@@H]1O[C@@]2([CH2-])CN(C)[C@H]1[C@H]2CC.[B][C@@H]1O[C@@]2([CH2-])CNO[C@H]1[C@H]2CC.[CH3-].[CH3-].[CH3-].[Y].[Y].[Y]. The number of morpholine rings is 1. The summed E-state index contributed by atoms with van der Waals surface area (Å²) in [7, 11) is 31.3. The van der Waals surface area contributed by atoms with Crippen molar-refractivity contribution in [2.75, 3.05) is 82.8 Å². The molecule has 0 amide bonds. The fraction of sp³-hybridized carbons (Fsp3) is 0.838. The van der Waals surface area contributed by atoms with Crippen LogP contribution in [0, 0.1) is 60.8 Å². The molecule has 6 aliphatic rings. The molecule has 7 N–H and O–H groups in total. The van der Waals surface area contributed by atoms with Gasteiger partial charge >= 0.3 is 0 Å². The molecule has 6 aliphatic heterocycles. The van der Waals surface area contributed by atoms with Crippen molar-refractivity contribution in [2.24, 2.45) is 23.5 Å². The van der Waals surface area contributed by atoms with Crippen LogP contribution in [0.25, 0.3) is 0 Å². The molecule has 0 unspecified atom stereocenters. The Balaban J connectivity index is -0.0000000855. The summed E-state index contributed by atoms with van der Waals surface area (Å²) >= 11 is 0. The van der Waals surface area contributed by atoms with Crippen molar-refractivity contribution in [2.45, 2.75) is 100 Å². The van der Waals surface area contributed by atoms with Crippen molar-refractivity contribution in [3.63, 3.8) is 0 Å². The number of likely N-dealkylation sites (tertiary alicyclic amines) is 1. The van der Waals surface area contributed by atoms with Crippen molar-refractivity contribution in [1.82, 2.24) is 26.9 Å². The zero-order valence-electron chi connectivity index (χ0n) is 38.3. The van der Waals surface area contributed by atoms with Crippen LogP contribution in [0.3, 0.4) is 0 Å². The predicted molar refractivity (Wildman–Crippen MR) is 224 cm³/mol. The summed E-state index contributed by atoms with van der Waals surface area (Å²) in [4.78, 5) is 13.2. The quantitative estimate of drug-likeness (QED) is 0.241. The number of nitrogens with zero attached hydrogens (tertiary/aromatic N) is 2. The van der Waals surface area contributed by atoms with E-state index in [0.29, 0.717) is 36.9 Å². The molecule has 6 fully saturated rings. The van der Waals surface area contributed by atoms with E-state index in [1.165, 1.54) is 7.05 Å². The van der Waals surface area contributed by atoms with Gasteiger partial charge in [0.1, 0.15) is 23.5 Å². The van der Waals surface area contributed by atoms with Gasteiger partial charge in [0, 0.05) is 171 Å². The first-order chi connectivity index (χ1) is 23.1. The van der Waals surface area contributed by atoms with Crippen LogP contribution in [0.2, 0.25) is 0 Å². The van der Waals surface area contributed by atoms with Crippen LogP contribution in [-0.4, -0.2) is 169 Å². The van der Waals surface area contributed by atoms with Crippen LogP contribution in [0.15, 0.2) is 0 Å². The number of hydrogen-bond donors (Lipinski definition) is 4. The molecule has 0 aromatic rings. The standard InChI is InChI=1S/C9H15BNO2.C9H15BNO.C8H13BNO2.C3H9N.2C2H6O.CH5N.3CH3.H3N.3Y/c1-4-6-7-8(10)12-9(6,2)5-11(3)13-7;1-4-6-7-8(10)12-9(6,2)5-11(7)3;1-3-5-6-7(9)11-8(5,2)4-10-12-6;1-3-4-2;2*1-3-2;1-2;;;;;;;/h6-8H,2,4-5H2,1,3H3;6-8H,2,4-5H2,1,3H3;5-7,10H,2-4H2,1H3;4H,3H2,1-2H3;2*1-2H3;2H2,1H3;4*1H3;;;/q3*-1;;;;;3*-1;;;;/t2*6-,7+,8-,9+;5-,6+,7-,8+;;;;;;;;;;;/m111.........../s1. The molecule has 325 valence electrons. The first-order valence-corrected chi connectivity index (χ1v) is 17.4. The van der Waals surface area contributed by atoms with Gasteiger partial charge in [-0.3, -0.25) is 9.68 Å². The maximum atomic E-state index is 5.86. The van der Waals surface area contributed by atoms with Gasteiger partial charge in [0.2, 0.25) is 0 Å². The van der Waals surface area contributed by atoms with Crippen LogP contribution in [0.4, 0.5) is 0 Å².